The van der Waals surface area contributed by atoms with E-state index in [1.807, 2.05) is 18.7 Å². The number of aromatic nitrogens is 2. The van der Waals surface area contributed by atoms with Crippen molar-refractivity contribution in [1.82, 2.24) is 9.78 Å². The van der Waals surface area contributed by atoms with E-state index in [9.17, 15) is 4.39 Å². The fourth-order valence-corrected chi connectivity index (χ4v) is 2.03. The number of aryl methyl sites for hydroxylation is 1. The van der Waals surface area contributed by atoms with Crippen molar-refractivity contribution in [3.8, 4) is 11.3 Å². The van der Waals surface area contributed by atoms with Gasteiger partial charge in [-0.2, -0.15) is 5.10 Å². The highest BCUT2D eigenvalue weighted by atomic mass is 19.1. The molecular formula is C13H16FN3. The lowest BCUT2D eigenvalue weighted by molar-refractivity contribution is 0.628. The van der Waals surface area contributed by atoms with Crippen molar-refractivity contribution in [3.05, 3.63) is 41.3 Å². The van der Waals surface area contributed by atoms with Gasteiger partial charge in [-0.25, -0.2) is 4.39 Å². The molecule has 0 aliphatic heterocycles. The van der Waals surface area contributed by atoms with Crippen molar-refractivity contribution in [2.75, 3.05) is 6.54 Å². The number of hydrogen-bond donors (Lipinski definition) is 1. The average Bonchev–Trinajstić information content (AvgIpc) is 2.59. The maximum atomic E-state index is 12.9. The quantitative estimate of drug-likeness (QED) is 0.881. The second kappa shape index (κ2) is 4.67. The number of rotatable bonds is 3. The Bertz CT molecular complexity index is 514. The molecule has 0 aliphatic carbocycles. The van der Waals surface area contributed by atoms with E-state index in [4.69, 9.17) is 5.73 Å². The summed E-state index contributed by atoms with van der Waals surface area (Å²) in [6.07, 6.45) is 0.802. The van der Waals surface area contributed by atoms with Crippen molar-refractivity contribution in [3.63, 3.8) is 0 Å². The minimum atomic E-state index is -0.232. The molecule has 0 spiro atoms. The Balaban J connectivity index is 2.46. The zero-order chi connectivity index (χ0) is 12.4. The second-order valence-electron chi connectivity index (χ2n) is 4.09. The van der Waals surface area contributed by atoms with Gasteiger partial charge in [0.05, 0.1) is 5.69 Å². The third-order valence-electron chi connectivity index (χ3n) is 2.93. The van der Waals surface area contributed by atoms with Gasteiger partial charge in [0.15, 0.2) is 0 Å². The summed E-state index contributed by atoms with van der Waals surface area (Å²) in [5, 5.41) is 4.47. The maximum Gasteiger partial charge on any atom is 0.123 e. The van der Waals surface area contributed by atoms with E-state index in [0.717, 1.165) is 28.9 Å². The predicted octanol–water partition coefficient (Wildman–Crippen LogP) is 2.04. The molecule has 0 bridgehead atoms. The van der Waals surface area contributed by atoms with Gasteiger partial charge >= 0.3 is 0 Å². The molecule has 1 heterocycles. The maximum absolute atomic E-state index is 12.9. The molecule has 90 valence electrons. The number of nitrogens with two attached hydrogens (primary N) is 1. The second-order valence-corrected chi connectivity index (χ2v) is 4.09. The van der Waals surface area contributed by atoms with E-state index >= 15 is 0 Å². The molecule has 2 rings (SSSR count). The van der Waals surface area contributed by atoms with Gasteiger partial charge < -0.3 is 5.73 Å². The van der Waals surface area contributed by atoms with E-state index in [0.29, 0.717) is 6.54 Å². The first-order valence-electron chi connectivity index (χ1n) is 5.62. The molecule has 0 saturated carbocycles. The number of benzene rings is 1. The van der Waals surface area contributed by atoms with E-state index in [-0.39, 0.29) is 5.82 Å². The molecule has 1 aromatic heterocycles. The van der Waals surface area contributed by atoms with Crippen LogP contribution in [0.3, 0.4) is 0 Å². The molecule has 2 N–H and O–H groups in total. The van der Waals surface area contributed by atoms with Gasteiger partial charge in [0.1, 0.15) is 5.82 Å². The van der Waals surface area contributed by atoms with Crippen LogP contribution in [0.4, 0.5) is 4.39 Å². The largest absolute Gasteiger partial charge is 0.330 e. The molecule has 1 aromatic carbocycles. The Hall–Kier alpha value is -1.68. The van der Waals surface area contributed by atoms with Crippen LogP contribution in [-0.2, 0) is 13.5 Å². The summed E-state index contributed by atoms with van der Waals surface area (Å²) in [6.45, 7) is 2.62. The number of hydrogen-bond acceptors (Lipinski definition) is 2. The molecule has 0 amide bonds. The van der Waals surface area contributed by atoms with Gasteiger partial charge in [0.25, 0.3) is 0 Å². The van der Waals surface area contributed by atoms with E-state index < -0.39 is 0 Å². The molecular weight excluding hydrogens is 217 g/mol. The van der Waals surface area contributed by atoms with E-state index in [1.165, 1.54) is 12.1 Å². The summed E-state index contributed by atoms with van der Waals surface area (Å²) in [5.41, 5.74) is 9.65. The molecule has 0 saturated heterocycles. The third kappa shape index (κ3) is 2.22. The number of halogens is 1. The van der Waals surface area contributed by atoms with Gasteiger partial charge in [0, 0.05) is 24.7 Å². The number of nitrogens with zero attached hydrogens (tertiary/aromatic N) is 2. The molecule has 0 radical (unpaired) electrons. The minimum Gasteiger partial charge on any atom is -0.330 e. The molecule has 0 fully saturated rings. The Kier molecular flexibility index (Phi) is 3.24. The summed E-state index contributed by atoms with van der Waals surface area (Å²) in [7, 11) is 1.91. The fourth-order valence-electron chi connectivity index (χ4n) is 2.03. The molecule has 17 heavy (non-hydrogen) atoms. The Morgan fingerprint density at radius 1 is 1.29 bits per heavy atom. The minimum absolute atomic E-state index is 0.232. The molecule has 2 aromatic rings. The van der Waals surface area contributed by atoms with Crippen molar-refractivity contribution in [2.45, 2.75) is 13.3 Å². The van der Waals surface area contributed by atoms with Crippen LogP contribution >= 0.6 is 0 Å². The van der Waals surface area contributed by atoms with Crippen LogP contribution < -0.4 is 5.73 Å². The summed E-state index contributed by atoms with van der Waals surface area (Å²) in [6, 6.07) is 6.39. The zero-order valence-electron chi connectivity index (χ0n) is 10.1. The first-order chi connectivity index (χ1) is 8.13. The normalized spacial score (nSPS) is 10.8. The molecule has 0 atom stereocenters. The van der Waals surface area contributed by atoms with Crippen molar-refractivity contribution in [2.24, 2.45) is 12.8 Å². The monoisotopic (exact) mass is 233 g/mol. The summed E-state index contributed by atoms with van der Waals surface area (Å²) >= 11 is 0. The summed E-state index contributed by atoms with van der Waals surface area (Å²) in [4.78, 5) is 0. The standard InChI is InChI=1S/C13H16FN3/c1-9-12(7-8-15)17(2)16-13(9)10-3-5-11(14)6-4-10/h3-6H,7-8,15H2,1-2H3. The van der Waals surface area contributed by atoms with Crippen molar-refractivity contribution in [1.29, 1.82) is 0 Å². The molecule has 0 aliphatic rings. The topological polar surface area (TPSA) is 43.8 Å². The lowest BCUT2D eigenvalue weighted by atomic mass is 10.1. The van der Waals surface area contributed by atoms with Crippen LogP contribution in [0.15, 0.2) is 24.3 Å². The molecule has 3 nitrogen and oxygen atoms in total. The Morgan fingerprint density at radius 3 is 2.53 bits per heavy atom. The lowest BCUT2D eigenvalue weighted by Gasteiger charge is -2.00. The lowest BCUT2D eigenvalue weighted by Crippen LogP contribution is -2.08. The molecule has 4 heteroatoms. The highest BCUT2D eigenvalue weighted by molar-refractivity contribution is 5.63. The summed E-state index contributed by atoms with van der Waals surface area (Å²) in [5.74, 6) is -0.232. The molecule has 0 unspecified atom stereocenters. The van der Waals surface area contributed by atoms with Crippen LogP contribution in [0.25, 0.3) is 11.3 Å². The van der Waals surface area contributed by atoms with Crippen LogP contribution in [-0.4, -0.2) is 16.3 Å². The van der Waals surface area contributed by atoms with Crippen LogP contribution in [0.1, 0.15) is 11.3 Å². The zero-order valence-corrected chi connectivity index (χ0v) is 10.1. The van der Waals surface area contributed by atoms with Gasteiger partial charge in [-0.05, 0) is 43.3 Å². The van der Waals surface area contributed by atoms with Gasteiger partial charge in [-0.1, -0.05) is 0 Å². The highest BCUT2D eigenvalue weighted by Gasteiger charge is 2.12. The SMILES string of the molecule is Cc1c(-c2ccc(F)cc2)nn(C)c1CCN. The van der Waals surface area contributed by atoms with Crippen LogP contribution in [0.5, 0.6) is 0 Å². The summed E-state index contributed by atoms with van der Waals surface area (Å²) < 4.78 is 14.7. The van der Waals surface area contributed by atoms with E-state index in [2.05, 4.69) is 5.10 Å². The Morgan fingerprint density at radius 2 is 1.94 bits per heavy atom. The first-order valence-corrected chi connectivity index (χ1v) is 5.62. The van der Waals surface area contributed by atoms with Gasteiger partial charge in [0.2, 0.25) is 0 Å². The van der Waals surface area contributed by atoms with Crippen molar-refractivity contribution >= 4 is 0 Å². The Labute approximate surface area is 100 Å². The van der Waals surface area contributed by atoms with Crippen LogP contribution in [0, 0.1) is 12.7 Å². The van der Waals surface area contributed by atoms with E-state index in [1.54, 1.807) is 12.1 Å². The van der Waals surface area contributed by atoms with Gasteiger partial charge in [-0.3, -0.25) is 4.68 Å². The highest BCUT2D eigenvalue weighted by Crippen LogP contribution is 2.24. The van der Waals surface area contributed by atoms with Crippen LogP contribution in [0.2, 0.25) is 0 Å². The first kappa shape index (κ1) is 11.8. The van der Waals surface area contributed by atoms with Crippen molar-refractivity contribution < 1.29 is 4.39 Å². The third-order valence-corrected chi connectivity index (χ3v) is 2.93. The smallest absolute Gasteiger partial charge is 0.123 e. The fraction of sp³-hybridized carbons (Fsp3) is 0.308. The predicted molar refractivity (Wildman–Crippen MR) is 66.1 cm³/mol. The van der Waals surface area contributed by atoms with Gasteiger partial charge in [-0.15, -0.1) is 0 Å². The average molecular weight is 233 g/mol.